The topological polar surface area (TPSA) is 62.6 Å². The van der Waals surface area contributed by atoms with Crippen molar-refractivity contribution in [2.45, 2.75) is 11.6 Å². The molecule has 0 fully saturated rings. The Morgan fingerprint density at radius 1 is 1.50 bits per heavy atom. The monoisotopic (exact) mass is 242 g/mol. The van der Waals surface area contributed by atoms with Gasteiger partial charge in [0.2, 0.25) is 5.09 Å². The summed E-state index contributed by atoms with van der Waals surface area (Å²) >= 11 is 0. The standard InChI is InChI=1S/C10H14N2O3S/c1-4-7-11-8-9-5-6-10(15-9)16(13,14)12(2)3/h1,5-6,11H,7-8H2,2-3H3. The number of sulfonamides is 1. The van der Waals surface area contributed by atoms with Gasteiger partial charge in [-0.05, 0) is 12.1 Å². The van der Waals surface area contributed by atoms with E-state index in [-0.39, 0.29) is 5.09 Å². The maximum absolute atomic E-state index is 11.7. The smallest absolute Gasteiger partial charge is 0.275 e. The summed E-state index contributed by atoms with van der Waals surface area (Å²) in [5.74, 6) is 2.95. The summed E-state index contributed by atoms with van der Waals surface area (Å²) in [5.41, 5.74) is 0. The lowest BCUT2D eigenvalue weighted by Crippen LogP contribution is -2.21. The van der Waals surface area contributed by atoms with Crippen LogP contribution in [0.3, 0.4) is 0 Å². The quantitative estimate of drug-likeness (QED) is 0.594. The highest BCUT2D eigenvalue weighted by molar-refractivity contribution is 7.88. The fourth-order valence-corrected chi connectivity index (χ4v) is 1.84. The Bertz CT molecular complexity index is 482. The molecule has 16 heavy (non-hydrogen) atoms. The maximum atomic E-state index is 11.7. The average Bonchev–Trinajstić information content (AvgIpc) is 2.67. The molecule has 0 aliphatic heterocycles. The molecule has 0 aromatic carbocycles. The SMILES string of the molecule is C#CCNCc1ccc(S(=O)(=O)N(C)C)o1. The van der Waals surface area contributed by atoms with E-state index in [1.807, 2.05) is 0 Å². The van der Waals surface area contributed by atoms with Crippen LogP contribution < -0.4 is 5.32 Å². The van der Waals surface area contributed by atoms with Gasteiger partial charge in [0.15, 0.2) is 0 Å². The Labute approximate surface area is 95.5 Å². The van der Waals surface area contributed by atoms with Crippen molar-refractivity contribution in [3.63, 3.8) is 0 Å². The van der Waals surface area contributed by atoms with Gasteiger partial charge in [-0.3, -0.25) is 5.32 Å². The second-order valence-electron chi connectivity index (χ2n) is 3.32. The van der Waals surface area contributed by atoms with Gasteiger partial charge in [0, 0.05) is 14.1 Å². The number of furan rings is 1. The lowest BCUT2D eigenvalue weighted by Gasteiger charge is -2.07. The lowest BCUT2D eigenvalue weighted by molar-refractivity contribution is 0.392. The zero-order valence-electron chi connectivity index (χ0n) is 9.23. The summed E-state index contributed by atoms with van der Waals surface area (Å²) in [6.07, 6.45) is 5.06. The van der Waals surface area contributed by atoms with E-state index in [1.165, 1.54) is 20.2 Å². The zero-order valence-corrected chi connectivity index (χ0v) is 10.0. The molecule has 1 rings (SSSR count). The van der Waals surface area contributed by atoms with E-state index in [0.717, 1.165) is 4.31 Å². The van der Waals surface area contributed by atoms with E-state index in [9.17, 15) is 8.42 Å². The summed E-state index contributed by atoms with van der Waals surface area (Å²) in [6.45, 7) is 0.823. The van der Waals surface area contributed by atoms with Crippen molar-refractivity contribution in [3.8, 4) is 12.3 Å². The van der Waals surface area contributed by atoms with Crippen molar-refractivity contribution < 1.29 is 12.8 Å². The van der Waals surface area contributed by atoms with Crippen LogP contribution in [0.5, 0.6) is 0 Å². The van der Waals surface area contributed by atoms with Crippen molar-refractivity contribution in [1.29, 1.82) is 0 Å². The zero-order chi connectivity index (χ0) is 12.2. The van der Waals surface area contributed by atoms with Gasteiger partial charge in [-0.2, -0.15) is 0 Å². The van der Waals surface area contributed by atoms with Gasteiger partial charge < -0.3 is 4.42 Å². The minimum absolute atomic E-state index is 0.0602. The Balaban J connectivity index is 2.77. The first-order valence-corrected chi connectivity index (χ1v) is 6.08. The van der Waals surface area contributed by atoms with Crippen LogP contribution in [0.15, 0.2) is 21.6 Å². The van der Waals surface area contributed by atoms with Crippen LogP contribution >= 0.6 is 0 Å². The van der Waals surface area contributed by atoms with Crippen LogP contribution in [0.4, 0.5) is 0 Å². The van der Waals surface area contributed by atoms with Gasteiger partial charge in [0.05, 0.1) is 13.1 Å². The van der Waals surface area contributed by atoms with Crippen LogP contribution in [0.2, 0.25) is 0 Å². The van der Waals surface area contributed by atoms with E-state index in [0.29, 0.717) is 18.8 Å². The Hall–Kier alpha value is -1.29. The van der Waals surface area contributed by atoms with E-state index < -0.39 is 10.0 Å². The van der Waals surface area contributed by atoms with E-state index >= 15 is 0 Å². The molecule has 0 saturated heterocycles. The number of terminal acetylenes is 1. The average molecular weight is 242 g/mol. The first-order valence-electron chi connectivity index (χ1n) is 4.64. The summed E-state index contributed by atoms with van der Waals surface area (Å²) in [5, 5.41) is 2.85. The molecule has 0 aliphatic rings. The Morgan fingerprint density at radius 2 is 2.19 bits per heavy atom. The van der Waals surface area contributed by atoms with Gasteiger partial charge in [0.1, 0.15) is 5.76 Å². The minimum atomic E-state index is -3.49. The largest absolute Gasteiger partial charge is 0.447 e. The lowest BCUT2D eigenvalue weighted by atomic mass is 10.4. The summed E-state index contributed by atoms with van der Waals surface area (Å²) < 4.78 is 29.6. The van der Waals surface area contributed by atoms with Crippen LogP contribution in [0.25, 0.3) is 0 Å². The van der Waals surface area contributed by atoms with Gasteiger partial charge in [-0.15, -0.1) is 6.42 Å². The number of hydrogen-bond donors (Lipinski definition) is 1. The molecule has 0 bridgehead atoms. The molecule has 0 amide bonds. The molecule has 6 heteroatoms. The number of hydrogen-bond acceptors (Lipinski definition) is 4. The molecule has 0 radical (unpaired) electrons. The highest BCUT2D eigenvalue weighted by atomic mass is 32.2. The predicted octanol–water partition coefficient (Wildman–Crippen LogP) is 0.253. The molecule has 0 saturated carbocycles. The van der Waals surface area contributed by atoms with Crippen LogP contribution in [-0.2, 0) is 16.6 Å². The van der Waals surface area contributed by atoms with Crippen LogP contribution in [0.1, 0.15) is 5.76 Å². The van der Waals surface area contributed by atoms with Crippen molar-refractivity contribution in [1.82, 2.24) is 9.62 Å². The summed E-state index contributed by atoms with van der Waals surface area (Å²) in [6, 6.07) is 3.04. The van der Waals surface area contributed by atoms with Crippen LogP contribution in [0, 0.1) is 12.3 Å². The minimum Gasteiger partial charge on any atom is -0.447 e. The second-order valence-corrected chi connectivity index (χ2v) is 5.40. The molecular weight excluding hydrogens is 228 g/mol. The molecular formula is C10H14N2O3S. The maximum Gasteiger partial charge on any atom is 0.275 e. The molecule has 1 aromatic heterocycles. The van der Waals surface area contributed by atoms with Crippen molar-refractivity contribution in [3.05, 3.63) is 17.9 Å². The number of rotatable bonds is 5. The normalized spacial score (nSPS) is 11.6. The molecule has 0 spiro atoms. The fraction of sp³-hybridized carbons (Fsp3) is 0.400. The van der Waals surface area contributed by atoms with E-state index in [4.69, 9.17) is 10.8 Å². The molecule has 0 unspecified atom stereocenters. The molecule has 88 valence electrons. The second kappa shape index (κ2) is 5.16. The molecule has 1 N–H and O–H groups in total. The molecule has 0 aliphatic carbocycles. The summed E-state index contributed by atoms with van der Waals surface area (Å²) in [7, 11) is -0.583. The predicted molar refractivity (Wildman–Crippen MR) is 60.1 cm³/mol. The first kappa shape index (κ1) is 12.8. The third-order valence-electron chi connectivity index (χ3n) is 1.90. The first-order chi connectivity index (χ1) is 7.48. The van der Waals surface area contributed by atoms with Crippen molar-refractivity contribution in [2.75, 3.05) is 20.6 Å². The molecule has 0 atom stereocenters. The van der Waals surface area contributed by atoms with Crippen molar-refractivity contribution in [2.24, 2.45) is 0 Å². The molecule has 5 nitrogen and oxygen atoms in total. The highest BCUT2D eigenvalue weighted by Crippen LogP contribution is 2.16. The van der Waals surface area contributed by atoms with Crippen LogP contribution in [-0.4, -0.2) is 33.4 Å². The van der Waals surface area contributed by atoms with Gasteiger partial charge >= 0.3 is 0 Å². The van der Waals surface area contributed by atoms with E-state index in [2.05, 4.69) is 11.2 Å². The molecule has 1 aromatic rings. The fourth-order valence-electron chi connectivity index (χ4n) is 1.03. The Morgan fingerprint density at radius 3 is 2.75 bits per heavy atom. The van der Waals surface area contributed by atoms with Gasteiger partial charge in [-0.1, -0.05) is 5.92 Å². The van der Waals surface area contributed by atoms with E-state index in [1.54, 1.807) is 6.07 Å². The van der Waals surface area contributed by atoms with Crippen molar-refractivity contribution >= 4 is 10.0 Å². The summed E-state index contributed by atoms with van der Waals surface area (Å²) in [4.78, 5) is 0. The third-order valence-corrected chi connectivity index (χ3v) is 3.59. The Kier molecular flexibility index (Phi) is 4.12. The highest BCUT2D eigenvalue weighted by Gasteiger charge is 2.21. The number of nitrogens with zero attached hydrogens (tertiary/aromatic N) is 1. The van der Waals surface area contributed by atoms with Gasteiger partial charge in [0.25, 0.3) is 10.0 Å². The molecule has 1 heterocycles. The third kappa shape index (κ3) is 2.85. The van der Waals surface area contributed by atoms with Gasteiger partial charge in [-0.25, -0.2) is 12.7 Å². The number of nitrogens with one attached hydrogen (secondary N) is 1.